The van der Waals surface area contributed by atoms with Crippen molar-refractivity contribution in [2.75, 3.05) is 45.3 Å². The molecule has 0 radical (unpaired) electrons. The van der Waals surface area contributed by atoms with Crippen molar-refractivity contribution in [3.8, 4) is 11.5 Å². The quantitative estimate of drug-likeness (QED) is 0.270. The monoisotopic (exact) mass is 605 g/mol. The first-order valence-electron chi connectivity index (χ1n) is 14.3. The van der Waals surface area contributed by atoms with Crippen LogP contribution in [0.25, 0.3) is 6.08 Å². The van der Waals surface area contributed by atoms with Crippen molar-refractivity contribution in [1.82, 2.24) is 9.47 Å². The van der Waals surface area contributed by atoms with Crippen molar-refractivity contribution >= 4 is 34.7 Å². The molecule has 0 bridgehead atoms. The van der Waals surface area contributed by atoms with E-state index in [4.69, 9.17) is 14.5 Å². The van der Waals surface area contributed by atoms with Gasteiger partial charge < -0.3 is 19.3 Å². The average molecular weight is 606 g/mol. The lowest BCUT2D eigenvalue weighted by Crippen LogP contribution is -2.43. The zero-order valence-corrected chi connectivity index (χ0v) is 25.8. The summed E-state index contributed by atoms with van der Waals surface area (Å²) in [7, 11) is 3.09. The average Bonchev–Trinajstić information content (AvgIpc) is 3.65. The van der Waals surface area contributed by atoms with Gasteiger partial charge in [0.25, 0.3) is 17.2 Å². The van der Waals surface area contributed by atoms with Crippen LogP contribution in [0, 0.1) is 10.1 Å². The van der Waals surface area contributed by atoms with Crippen LogP contribution in [-0.4, -0.2) is 60.7 Å². The summed E-state index contributed by atoms with van der Waals surface area (Å²) in [5.74, 6) is 0.828. The van der Waals surface area contributed by atoms with E-state index in [1.54, 1.807) is 56.4 Å². The van der Waals surface area contributed by atoms with E-state index >= 15 is 0 Å². The highest BCUT2D eigenvalue weighted by molar-refractivity contribution is 7.07. The molecule has 1 atom stereocenters. The van der Waals surface area contributed by atoms with E-state index in [-0.39, 0.29) is 17.2 Å². The Balaban J connectivity index is 1.78. The molecule has 226 valence electrons. The van der Waals surface area contributed by atoms with Crippen molar-refractivity contribution in [2.24, 2.45) is 4.99 Å². The van der Waals surface area contributed by atoms with Gasteiger partial charge in [-0.15, -0.1) is 0 Å². The van der Waals surface area contributed by atoms with Gasteiger partial charge in [-0.2, -0.15) is 0 Å². The molecule has 2 aliphatic heterocycles. The number of benzene rings is 2. The van der Waals surface area contributed by atoms with E-state index in [0.29, 0.717) is 56.3 Å². The summed E-state index contributed by atoms with van der Waals surface area (Å²) in [4.78, 5) is 48.5. The number of carbonyl (C=O) groups excluding carboxylic acids is 1. The molecule has 2 aliphatic rings. The molecule has 0 N–H and O–H groups in total. The third kappa shape index (κ3) is 5.54. The summed E-state index contributed by atoms with van der Waals surface area (Å²) in [5.41, 5.74) is 2.50. The van der Waals surface area contributed by atoms with E-state index in [9.17, 15) is 19.7 Å². The van der Waals surface area contributed by atoms with Crippen LogP contribution < -0.4 is 29.3 Å². The molecule has 2 aromatic carbocycles. The predicted molar refractivity (Wildman–Crippen MR) is 166 cm³/mol. The van der Waals surface area contributed by atoms with Crippen molar-refractivity contribution in [1.29, 1.82) is 0 Å². The summed E-state index contributed by atoms with van der Waals surface area (Å²) < 4.78 is 13.1. The smallest absolute Gasteiger partial charge is 0.271 e. The van der Waals surface area contributed by atoms with Crippen molar-refractivity contribution in [3.05, 3.63) is 88.6 Å². The molecule has 1 aromatic heterocycles. The molecule has 0 saturated carbocycles. The number of amides is 1. The van der Waals surface area contributed by atoms with Crippen LogP contribution >= 0.6 is 11.3 Å². The summed E-state index contributed by atoms with van der Waals surface area (Å²) >= 11 is 1.19. The van der Waals surface area contributed by atoms with Gasteiger partial charge in [0.1, 0.15) is 17.5 Å². The first kappa shape index (κ1) is 30.0. The lowest BCUT2D eigenvalue weighted by atomic mass is 9.93. The lowest BCUT2D eigenvalue weighted by molar-refractivity contribution is -0.384. The minimum Gasteiger partial charge on any atom is -0.497 e. The second-order valence-corrected chi connectivity index (χ2v) is 11.4. The zero-order chi connectivity index (χ0) is 30.8. The number of non-ortho nitro benzene ring substituents is 1. The minimum absolute atomic E-state index is 0.0519. The number of nitro groups is 1. The van der Waals surface area contributed by atoms with E-state index in [1.165, 1.54) is 28.0 Å². The zero-order valence-electron chi connectivity index (χ0n) is 25.0. The molecule has 1 saturated heterocycles. The fraction of sp³-hybridized carbons (Fsp3) is 0.387. The Hall–Kier alpha value is -4.45. The van der Waals surface area contributed by atoms with Crippen LogP contribution in [0.15, 0.2) is 57.5 Å². The Morgan fingerprint density at radius 2 is 1.86 bits per heavy atom. The van der Waals surface area contributed by atoms with E-state index in [2.05, 4.69) is 4.90 Å². The number of nitrogens with zero attached hydrogens (tertiary/aromatic N) is 5. The van der Waals surface area contributed by atoms with Gasteiger partial charge in [-0.25, -0.2) is 4.99 Å². The molecule has 1 amide bonds. The highest BCUT2D eigenvalue weighted by Gasteiger charge is 2.36. The number of methoxy groups -OCH3 is 2. The molecule has 1 fully saturated rings. The number of nitro benzene ring substituents is 1. The largest absolute Gasteiger partial charge is 0.497 e. The fourth-order valence-corrected chi connectivity index (χ4v) is 6.82. The molecule has 3 aromatic rings. The van der Waals surface area contributed by atoms with Crippen LogP contribution in [0.5, 0.6) is 11.5 Å². The van der Waals surface area contributed by atoms with Gasteiger partial charge in [-0.3, -0.25) is 24.3 Å². The number of aromatic nitrogens is 1. The van der Waals surface area contributed by atoms with Crippen LogP contribution in [0.1, 0.15) is 50.8 Å². The summed E-state index contributed by atoms with van der Waals surface area (Å²) in [5, 5.41) is 11.7. The van der Waals surface area contributed by atoms with Crippen molar-refractivity contribution in [3.63, 3.8) is 0 Å². The van der Waals surface area contributed by atoms with Gasteiger partial charge in [0.05, 0.1) is 34.9 Å². The number of likely N-dealkylation sites (N-methyl/N-ethyl adjacent to an activating group) is 1. The Labute approximate surface area is 253 Å². The van der Waals surface area contributed by atoms with Gasteiger partial charge in [-0.05, 0) is 64.0 Å². The minimum atomic E-state index is -0.834. The van der Waals surface area contributed by atoms with Gasteiger partial charge in [0, 0.05) is 55.1 Å². The molecule has 0 aliphatic carbocycles. The maximum Gasteiger partial charge on any atom is 0.271 e. The third-order valence-corrected chi connectivity index (χ3v) is 8.97. The summed E-state index contributed by atoms with van der Waals surface area (Å²) in [6.07, 6.45) is 3.77. The lowest BCUT2D eigenvalue weighted by Gasteiger charge is -2.30. The van der Waals surface area contributed by atoms with Gasteiger partial charge >= 0.3 is 0 Å². The molecule has 43 heavy (non-hydrogen) atoms. The predicted octanol–water partition coefficient (Wildman–Crippen LogP) is 3.63. The number of carbonyl (C=O) groups is 1. The second kappa shape index (κ2) is 12.4. The molecule has 3 heterocycles. The van der Waals surface area contributed by atoms with Gasteiger partial charge in [0.2, 0.25) is 0 Å². The first-order valence-corrected chi connectivity index (χ1v) is 15.1. The Bertz CT molecular complexity index is 1780. The molecule has 0 spiro atoms. The fourth-order valence-electron chi connectivity index (χ4n) is 5.78. The molecule has 0 unspecified atom stereocenters. The van der Waals surface area contributed by atoms with Crippen LogP contribution in [-0.2, 0) is 4.79 Å². The molecule has 12 heteroatoms. The third-order valence-electron chi connectivity index (χ3n) is 7.99. The van der Waals surface area contributed by atoms with E-state index < -0.39 is 11.0 Å². The number of hydrogen-bond donors (Lipinski definition) is 0. The normalized spacial score (nSPS) is 16.6. The Morgan fingerprint density at radius 1 is 1.14 bits per heavy atom. The SMILES string of the molecule is CCN(CC)C(=O)C1=C(C)N=c2s/c(=C\c3cc([N+](=O)[O-])ccc3N3CCCC3)c(=O)n2[C@H]1c1cc(OC)ccc1OC. The number of hydrogen-bond acceptors (Lipinski definition) is 9. The van der Waals surface area contributed by atoms with Crippen LogP contribution in [0.3, 0.4) is 0 Å². The topological polar surface area (TPSA) is 120 Å². The van der Waals surface area contributed by atoms with Crippen molar-refractivity contribution < 1.29 is 19.2 Å². The summed E-state index contributed by atoms with van der Waals surface area (Å²) in [6.45, 7) is 8.25. The summed E-state index contributed by atoms with van der Waals surface area (Å²) in [6, 6.07) is 9.22. The first-order chi connectivity index (χ1) is 20.7. The van der Waals surface area contributed by atoms with Crippen LogP contribution in [0.4, 0.5) is 11.4 Å². The van der Waals surface area contributed by atoms with Crippen molar-refractivity contribution in [2.45, 2.75) is 39.7 Å². The van der Waals surface area contributed by atoms with E-state index in [1.807, 2.05) is 13.8 Å². The highest BCUT2D eigenvalue weighted by atomic mass is 32.1. The molecular formula is C31H35N5O6S. The highest BCUT2D eigenvalue weighted by Crippen LogP contribution is 2.38. The number of anilines is 1. The number of allylic oxidation sites excluding steroid dienone is 1. The standard InChI is InChI=1S/C31H35N5O6S/c1-6-33(7-2)30(38)27-19(3)32-31-35(28(27)23-18-22(41-4)11-13-25(23)42-5)29(37)26(43-31)17-20-16-21(36(39)40)10-12-24(20)34-14-8-9-15-34/h10-13,16-18,28H,6-9,14-15H2,1-5H3/b26-17-/t28-/m0/s1. The second-order valence-electron chi connectivity index (χ2n) is 10.4. The molecule has 11 nitrogen and oxygen atoms in total. The van der Waals surface area contributed by atoms with Gasteiger partial charge in [-0.1, -0.05) is 11.3 Å². The maximum absolute atomic E-state index is 14.3. The number of fused-ring (bicyclic) bond motifs is 1. The van der Waals surface area contributed by atoms with E-state index in [0.717, 1.165) is 31.6 Å². The number of rotatable bonds is 9. The molecular weight excluding hydrogens is 570 g/mol. The van der Waals surface area contributed by atoms with Crippen LogP contribution in [0.2, 0.25) is 0 Å². The maximum atomic E-state index is 14.3. The van der Waals surface area contributed by atoms with Gasteiger partial charge in [0.15, 0.2) is 4.80 Å². The number of thiazole rings is 1. The molecule has 5 rings (SSSR count). The Morgan fingerprint density at radius 3 is 2.49 bits per heavy atom. The Kier molecular flexibility index (Phi) is 8.67. The number of ether oxygens (including phenoxy) is 2.